The van der Waals surface area contributed by atoms with Gasteiger partial charge in [0.05, 0.1) is 12.2 Å². The van der Waals surface area contributed by atoms with Crippen LogP contribution < -0.4 is 14.8 Å². The molecule has 3 fully saturated rings. The fourth-order valence-corrected chi connectivity index (χ4v) is 5.17. The van der Waals surface area contributed by atoms with Gasteiger partial charge >= 0.3 is 0 Å². The van der Waals surface area contributed by atoms with Crippen LogP contribution in [0.3, 0.4) is 0 Å². The molecule has 0 aromatic heterocycles. The molecule has 0 amide bonds. The number of fused-ring (bicyclic) bond motifs is 4. The van der Waals surface area contributed by atoms with E-state index in [2.05, 4.69) is 17.4 Å². The molecule has 1 saturated carbocycles. The number of hydrogen-bond acceptors (Lipinski definition) is 5. The highest BCUT2D eigenvalue weighted by Crippen LogP contribution is 2.59. The third kappa shape index (κ3) is 1.17. The molecule has 0 unspecified atom stereocenters. The molecule has 1 N–H and O–H groups in total. The van der Waals surface area contributed by atoms with Crippen molar-refractivity contribution in [3.05, 3.63) is 23.3 Å². The molecule has 110 valence electrons. The van der Waals surface area contributed by atoms with Gasteiger partial charge in [-0.05, 0) is 43.5 Å². The number of nitrogens with one attached hydrogen (secondary N) is 1. The quantitative estimate of drug-likeness (QED) is 0.785. The largest absolute Gasteiger partial charge is 0.454 e. The van der Waals surface area contributed by atoms with E-state index in [-0.39, 0.29) is 23.9 Å². The summed E-state index contributed by atoms with van der Waals surface area (Å²) in [6.45, 7) is 1.36. The second-order valence-electron chi connectivity index (χ2n) is 6.73. The molecular weight excluding hydrogens is 270 g/mol. The third-order valence-corrected chi connectivity index (χ3v) is 6.01. The van der Waals surface area contributed by atoms with Crippen molar-refractivity contribution in [2.45, 2.75) is 49.2 Å². The van der Waals surface area contributed by atoms with Crippen molar-refractivity contribution in [2.24, 2.45) is 0 Å². The van der Waals surface area contributed by atoms with Crippen molar-refractivity contribution in [1.82, 2.24) is 5.32 Å². The van der Waals surface area contributed by atoms with Crippen molar-refractivity contribution in [2.75, 3.05) is 13.3 Å². The monoisotopic (exact) mass is 287 g/mol. The molecule has 1 spiro atoms. The van der Waals surface area contributed by atoms with E-state index in [4.69, 9.17) is 18.9 Å². The number of hydrogen-bond donors (Lipinski definition) is 1. The van der Waals surface area contributed by atoms with E-state index < -0.39 is 0 Å². The summed E-state index contributed by atoms with van der Waals surface area (Å²) in [4.78, 5) is 0. The van der Waals surface area contributed by atoms with Crippen molar-refractivity contribution in [1.29, 1.82) is 0 Å². The van der Waals surface area contributed by atoms with E-state index in [9.17, 15) is 0 Å². The van der Waals surface area contributed by atoms with Crippen molar-refractivity contribution < 1.29 is 18.9 Å². The van der Waals surface area contributed by atoms with Crippen LogP contribution in [0.4, 0.5) is 0 Å². The van der Waals surface area contributed by atoms with Crippen LogP contribution in [-0.2, 0) is 14.9 Å². The van der Waals surface area contributed by atoms with Gasteiger partial charge in [-0.25, -0.2) is 0 Å². The molecule has 0 radical (unpaired) electrons. The summed E-state index contributed by atoms with van der Waals surface area (Å²) in [7, 11) is 0. The highest BCUT2D eigenvalue weighted by atomic mass is 16.7. The summed E-state index contributed by atoms with van der Waals surface area (Å²) in [5.41, 5.74) is 2.56. The van der Waals surface area contributed by atoms with Gasteiger partial charge in [-0.3, -0.25) is 0 Å². The zero-order valence-electron chi connectivity index (χ0n) is 11.6. The molecule has 5 nitrogen and oxygen atoms in total. The Kier molecular flexibility index (Phi) is 1.90. The molecular formula is C16H17NO4. The van der Waals surface area contributed by atoms with Crippen LogP contribution in [0.5, 0.6) is 11.5 Å². The lowest BCUT2D eigenvalue weighted by molar-refractivity contribution is -0.0897. The van der Waals surface area contributed by atoms with Crippen molar-refractivity contribution in [3.8, 4) is 11.5 Å². The fourth-order valence-electron chi connectivity index (χ4n) is 5.17. The van der Waals surface area contributed by atoms with Gasteiger partial charge in [0.1, 0.15) is 0 Å². The maximum Gasteiger partial charge on any atom is 0.231 e. The van der Waals surface area contributed by atoms with E-state index in [1.807, 2.05) is 0 Å². The van der Waals surface area contributed by atoms with Gasteiger partial charge in [0.15, 0.2) is 17.8 Å². The van der Waals surface area contributed by atoms with Gasteiger partial charge in [-0.2, -0.15) is 0 Å². The average Bonchev–Trinajstić information content (AvgIpc) is 3.20. The minimum Gasteiger partial charge on any atom is -0.454 e. The van der Waals surface area contributed by atoms with Gasteiger partial charge in [0.2, 0.25) is 6.79 Å². The molecule has 5 atom stereocenters. The molecule has 1 aliphatic carbocycles. The second kappa shape index (κ2) is 3.54. The molecule has 1 aromatic rings. The Morgan fingerprint density at radius 3 is 2.95 bits per heavy atom. The van der Waals surface area contributed by atoms with E-state index >= 15 is 0 Å². The van der Waals surface area contributed by atoms with Crippen LogP contribution in [-0.4, -0.2) is 31.6 Å². The normalized spacial score (nSPS) is 44.6. The lowest BCUT2D eigenvalue weighted by Gasteiger charge is -2.47. The number of benzene rings is 1. The van der Waals surface area contributed by atoms with E-state index in [1.54, 1.807) is 0 Å². The highest BCUT2D eigenvalue weighted by Gasteiger charge is 2.63. The summed E-state index contributed by atoms with van der Waals surface area (Å²) in [6, 6.07) is 4.75. The summed E-state index contributed by atoms with van der Waals surface area (Å²) < 4.78 is 23.7. The SMILES string of the molecule is c1c2c(cc3c1[C@H]1O[C@@H]4[C@@H](CC[C@H]5NCC[C@@]345)O1)OCO2. The first-order valence-corrected chi connectivity index (χ1v) is 7.84. The van der Waals surface area contributed by atoms with Gasteiger partial charge in [-0.15, -0.1) is 0 Å². The van der Waals surface area contributed by atoms with Crippen LogP contribution in [0.1, 0.15) is 36.7 Å². The van der Waals surface area contributed by atoms with Gasteiger partial charge in [0, 0.05) is 17.0 Å². The Morgan fingerprint density at radius 2 is 2.00 bits per heavy atom. The maximum absolute atomic E-state index is 6.30. The first-order chi connectivity index (χ1) is 10.4. The topological polar surface area (TPSA) is 49.0 Å². The summed E-state index contributed by atoms with van der Waals surface area (Å²) in [6.07, 6.45) is 3.54. The van der Waals surface area contributed by atoms with Crippen LogP contribution in [0.15, 0.2) is 12.1 Å². The summed E-state index contributed by atoms with van der Waals surface area (Å²) in [5.74, 6) is 1.69. The molecule has 1 aromatic carbocycles. The van der Waals surface area contributed by atoms with Crippen molar-refractivity contribution >= 4 is 0 Å². The third-order valence-electron chi connectivity index (χ3n) is 6.01. The number of ether oxygens (including phenoxy) is 4. The molecule has 4 aliphatic heterocycles. The Bertz CT molecular complexity index is 647. The minimum atomic E-state index is -0.227. The van der Waals surface area contributed by atoms with E-state index in [1.165, 1.54) is 5.56 Å². The molecule has 21 heavy (non-hydrogen) atoms. The molecule has 6 rings (SSSR count). The summed E-state index contributed by atoms with van der Waals surface area (Å²) >= 11 is 0. The Balaban J connectivity index is 1.65. The van der Waals surface area contributed by atoms with Gasteiger partial charge < -0.3 is 24.3 Å². The fraction of sp³-hybridized carbons (Fsp3) is 0.625. The maximum atomic E-state index is 6.30. The average molecular weight is 287 g/mol. The van der Waals surface area contributed by atoms with Crippen molar-refractivity contribution in [3.63, 3.8) is 0 Å². The highest BCUT2D eigenvalue weighted by molar-refractivity contribution is 5.55. The van der Waals surface area contributed by atoms with E-state index in [0.29, 0.717) is 12.8 Å². The van der Waals surface area contributed by atoms with E-state index in [0.717, 1.165) is 42.9 Å². The second-order valence-corrected chi connectivity index (χ2v) is 6.73. The predicted octanol–water partition coefficient (Wildman–Crippen LogP) is 1.60. The van der Waals surface area contributed by atoms with Crippen LogP contribution in [0.25, 0.3) is 0 Å². The first-order valence-electron chi connectivity index (χ1n) is 7.84. The van der Waals surface area contributed by atoms with Gasteiger partial charge in [0.25, 0.3) is 0 Å². The lowest BCUT2D eigenvalue weighted by Crippen LogP contribution is -2.57. The lowest BCUT2D eigenvalue weighted by atomic mass is 9.62. The minimum absolute atomic E-state index is 0.0478. The smallest absolute Gasteiger partial charge is 0.231 e. The predicted molar refractivity (Wildman–Crippen MR) is 72.4 cm³/mol. The zero-order chi connectivity index (χ0) is 13.6. The summed E-state index contributed by atoms with van der Waals surface area (Å²) in [5, 5.41) is 3.69. The van der Waals surface area contributed by atoms with Gasteiger partial charge in [-0.1, -0.05) is 0 Å². The first kappa shape index (κ1) is 11.3. The van der Waals surface area contributed by atoms with Crippen LogP contribution in [0, 0.1) is 0 Å². The van der Waals surface area contributed by atoms with Crippen LogP contribution >= 0.6 is 0 Å². The Morgan fingerprint density at radius 1 is 1.10 bits per heavy atom. The number of rotatable bonds is 0. The Hall–Kier alpha value is -1.30. The molecule has 4 heterocycles. The molecule has 5 aliphatic rings. The molecule has 2 bridgehead atoms. The zero-order valence-corrected chi connectivity index (χ0v) is 11.6. The molecule has 5 heteroatoms. The molecule has 2 saturated heterocycles. The standard InChI is InChI=1S/C16H17NO4/c1-2-13-16(3-4-17-13)9-6-12-11(18-7-19-12)5-8(9)15-20-10(1)14(16)21-15/h5-6,10,13-15,17H,1-4,7H2/t10-,13-,14-,15-,16+/m1/s1. The Labute approximate surface area is 122 Å². The van der Waals surface area contributed by atoms with Crippen LogP contribution in [0.2, 0.25) is 0 Å².